The maximum Gasteiger partial charge on any atom is 0.270 e. The number of carbonyl (C=O) groups is 1. The van der Waals surface area contributed by atoms with Crippen LogP contribution in [0.3, 0.4) is 0 Å². The first-order valence-electron chi connectivity index (χ1n) is 9.37. The molecule has 1 aromatic heterocycles. The molecule has 2 aliphatic rings. The predicted molar refractivity (Wildman–Crippen MR) is 104 cm³/mol. The number of fused-ring (bicyclic) bond motifs is 3. The maximum absolute atomic E-state index is 13.0. The number of hydrogen-bond donors (Lipinski definition) is 1. The van der Waals surface area contributed by atoms with Crippen molar-refractivity contribution in [2.24, 2.45) is 0 Å². The van der Waals surface area contributed by atoms with E-state index in [4.69, 9.17) is 9.47 Å². The third-order valence-corrected chi connectivity index (χ3v) is 6.03. The minimum Gasteiger partial charge on any atom is -0.497 e. The molecule has 0 atom stereocenters. The van der Waals surface area contributed by atoms with Gasteiger partial charge in [0.15, 0.2) is 0 Å². The van der Waals surface area contributed by atoms with Gasteiger partial charge in [0.05, 0.1) is 13.7 Å². The summed E-state index contributed by atoms with van der Waals surface area (Å²) in [7, 11) is 1.64. The van der Waals surface area contributed by atoms with Gasteiger partial charge < -0.3 is 19.4 Å². The summed E-state index contributed by atoms with van der Waals surface area (Å²) in [5, 5.41) is 1.02. The first-order valence-corrected chi connectivity index (χ1v) is 9.37. The van der Waals surface area contributed by atoms with E-state index in [2.05, 4.69) is 17.1 Å². The zero-order valence-corrected chi connectivity index (χ0v) is 15.3. The summed E-state index contributed by atoms with van der Waals surface area (Å²) in [6.45, 7) is 2.21. The van der Waals surface area contributed by atoms with E-state index in [9.17, 15) is 4.79 Å². The lowest BCUT2D eigenvalue weighted by Gasteiger charge is -2.38. The summed E-state index contributed by atoms with van der Waals surface area (Å²) in [5.74, 6) is 1.84. The van der Waals surface area contributed by atoms with E-state index in [0.717, 1.165) is 54.9 Å². The van der Waals surface area contributed by atoms with Crippen molar-refractivity contribution in [2.45, 2.75) is 18.3 Å². The van der Waals surface area contributed by atoms with Crippen molar-refractivity contribution in [3.8, 4) is 11.5 Å². The number of H-pyrrole nitrogens is 1. The molecule has 0 aliphatic carbocycles. The second-order valence-electron chi connectivity index (χ2n) is 7.49. The van der Waals surface area contributed by atoms with Gasteiger partial charge in [-0.1, -0.05) is 18.2 Å². The molecule has 1 spiro atoms. The fourth-order valence-electron chi connectivity index (χ4n) is 4.39. The maximum atomic E-state index is 13.0. The van der Waals surface area contributed by atoms with Crippen molar-refractivity contribution in [1.29, 1.82) is 0 Å². The largest absolute Gasteiger partial charge is 0.497 e. The highest BCUT2D eigenvalue weighted by molar-refractivity contribution is 5.98. The van der Waals surface area contributed by atoms with Gasteiger partial charge in [0.25, 0.3) is 5.91 Å². The van der Waals surface area contributed by atoms with Crippen molar-refractivity contribution in [2.75, 3.05) is 26.8 Å². The fraction of sp³-hybridized carbons (Fsp3) is 0.318. The Morgan fingerprint density at radius 1 is 1.15 bits per heavy atom. The standard InChI is InChI=1S/C22H22N2O3/c1-26-16-7-6-15-12-19(23-18(15)13-16)21(25)24-10-8-22(9-11-24)14-27-20-5-3-2-4-17(20)22/h2-7,12-13,23H,8-11,14H2,1H3. The Hall–Kier alpha value is -2.95. The Morgan fingerprint density at radius 3 is 2.78 bits per heavy atom. The highest BCUT2D eigenvalue weighted by Gasteiger charge is 2.43. The molecule has 1 N–H and O–H groups in total. The molecule has 1 saturated heterocycles. The van der Waals surface area contributed by atoms with E-state index in [1.165, 1.54) is 5.56 Å². The van der Waals surface area contributed by atoms with E-state index < -0.39 is 0 Å². The zero-order valence-electron chi connectivity index (χ0n) is 15.3. The van der Waals surface area contributed by atoms with Gasteiger partial charge in [-0.25, -0.2) is 0 Å². The molecule has 3 aromatic rings. The number of benzene rings is 2. The second kappa shape index (κ2) is 6.05. The molecule has 5 rings (SSSR count). The van der Waals surface area contributed by atoms with Crippen LogP contribution < -0.4 is 9.47 Å². The molecule has 0 bridgehead atoms. The number of nitrogens with one attached hydrogen (secondary N) is 1. The minimum absolute atomic E-state index is 0.0567. The highest BCUT2D eigenvalue weighted by Crippen LogP contribution is 2.45. The number of nitrogens with zero attached hydrogens (tertiary/aromatic N) is 1. The lowest BCUT2D eigenvalue weighted by atomic mass is 9.74. The Kier molecular flexibility index (Phi) is 3.64. The number of methoxy groups -OCH3 is 1. The minimum atomic E-state index is 0.0567. The van der Waals surface area contributed by atoms with Gasteiger partial charge in [-0.3, -0.25) is 4.79 Å². The van der Waals surface area contributed by atoms with E-state index in [1.807, 2.05) is 41.3 Å². The average molecular weight is 362 g/mol. The molecule has 0 radical (unpaired) electrons. The number of aromatic amines is 1. The predicted octanol–water partition coefficient (Wildman–Crippen LogP) is 3.74. The molecule has 3 heterocycles. The summed E-state index contributed by atoms with van der Waals surface area (Å²) in [6.07, 6.45) is 1.87. The van der Waals surface area contributed by atoms with E-state index in [-0.39, 0.29) is 11.3 Å². The average Bonchev–Trinajstić information content (AvgIpc) is 3.30. The fourth-order valence-corrected chi connectivity index (χ4v) is 4.39. The molecular weight excluding hydrogens is 340 g/mol. The smallest absolute Gasteiger partial charge is 0.270 e. The summed E-state index contributed by atoms with van der Waals surface area (Å²) < 4.78 is 11.2. The monoisotopic (exact) mass is 362 g/mol. The molecule has 1 fully saturated rings. The number of carbonyl (C=O) groups excluding carboxylic acids is 1. The lowest BCUT2D eigenvalue weighted by molar-refractivity contribution is 0.0642. The van der Waals surface area contributed by atoms with Gasteiger partial charge in [-0.05, 0) is 37.1 Å². The van der Waals surface area contributed by atoms with Gasteiger partial charge >= 0.3 is 0 Å². The lowest BCUT2D eigenvalue weighted by Crippen LogP contribution is -2.46. The van der Waals surface area contributed by atoms with Crippen LogP contribution in [-0.2, 0) is 5.41 Å². The molecular formula is C22H22N2O3. The number of amides is 1. The second-order valence-corrected chi connectivity index (χ2v) is 7.49. The first kappa shape index (κ1) is 16.2. The van der Waals surface area contributed by atoms with Crippen molar-refractivity contribution >= 4 is 16.8 Å². The summed E-state index contributed by atoms with van der Waals surface area (Å²) >= 11 is 0. The van der Waals surface area contributed by atoms with Gasteiger partial charge in [0.1, 0.15) is 17.2 Å². The molecule has 2 aromatic carbocycles. The summed E-state index contributed by atoms with van der Waals surface area (Å²) in [6, 6.07) is 16.0. The van der Waals surface area contributed by atoms with E-state index in [1.54, 1.807) is 7.11 Å². The van der Waals surface area contributed by atoms with Crippen LogP contribution in [-0.4, -0.2) is 42.6 Å². The van der Waals surface area contributed by atoms with Crippen LogP contribution >= 0.6 is 0 Å². The number of aromatic nitrogens is 1. The Morgan fingerprint density at radius 2 is 1.96 bits per heavy atom. The quantitative estimate of drug-likeness (QED) is 0.755. The van der Waals surface area contributed by atoms with Crippen LogP contribution in [0.2, 0.25) is 0 Å². The number of piperidine rings is 1. The normalized spacial score (nSPS) is 17.7. The Bertz CT molecular complexity index is 1020. The molecule has 5 heteroatoms. The molecule has 138 valence electrons. The van der Waals surface area contributed by atoms with Crippen molar-refractivity contribution in [1.82, 2.24) is 9.88 Å². The van der Waals surface area contributed by atoms with Gasteiger partial charge in [0.2, 0.25) is 0 Å². The molecule has 27 heavy (non-hydrogen) atoms. The SMILES string of the molecule is COc1ccc2cc(C(=O)N3CCC4(CC3)COc3ccccc34)[nH]c2c1. The molecule has 0 saturated carbocycles. The van der Waals surface area contributed by atoms with Crippen molar-refractivity contribution in [3.05, 3.63) is 59.8 Å². The molecule has 0 unspecified atom stereocenters. The molecule has 2 aliphatic heterocycles. The number of hydrogen-bond acceptors (Lipinski definition) is 3. The van der Waals surface area contributed by atoms with Crippen LogP contribution in [0.5, 0.6) is 11.5 Å². The Labute approximate surface area is 157 Å². The number of likely N-dealkylation sites (tertiary alicyclic amines) is 1. The molecule has 1 amide bonds. The van der Waals surface area contributed by atoms with Gasteiger partial charge in [-0.2, -0.15) is 0 Å². The zero-order chi connectivity index (χ0) is 18.4. The van der Waals surface area contributed by atoms with Crippen LogP contribution in [0.25, 0.3) is 10.9 Å². The van der Waals surface area contributed by atoms with E-state index >= 15 is 0 Å². The van der Waals surface area contributed by atoms with Gasteiger partial charge in [-0.15, -0.1) is 0 Å². The first-order chi connectivity index (χ1) is 13.2. The van der Waals surface area contributed by atoms with Gasteiger partial charge in [0, 0.05) is 41.0 Å². The third kappa shape index (κ3) is 2.57. The van der Waals surface area contributed by atoms with Crippen LogP contribution in [0.1, 0.15) is 28.9 Å². The topological polar surface area (TPSA) is 54.6 Å². The van der Waals surface area contributed by atoms with Crippen LogP contribution in [0, 0.1) is 0 Å². The number of rotatable bonds is 2. The summed E-state index contributed by atoms with van der Waals surface area (Å²) in [5.41, 5.74) is 2.91. The van der Waals surface area contributed by atoms with Crippen LogP contribution in [0.4, 0.5) is 0 Å². The third-order valence-electron chi connectivity index (χ3n) is 6.03. The van der Waals surface area contributed by atoms with Crippen molar-refractivity contribution < 1.29 is 14.3 Å². The highest BCUT2D eigenvalue weighted by atomic mass is 16.5. The number of ether oxygens (including phenoxy) is 2. The Balaban J connectivity index is 1.35. The summed E-state index contributed by atoms with van der Waals surface area (Å²) in [4.78, 5) is 18.2. The van der Waals surface area contributed by atoms with E-state index in [0.29, 0.717) is 5.69 Å². The number of para-hydroxylation sites is 1. The molecule has 5 nitrogen and oxygen atoms in total. The van der Waals surface area contributed by atoms with Crippen LogP contribution in [0.15, 0.2) is 48.5 Å². The van der Waals surface area contributed by atoms with Crippen molar-refractivity contribution in [3.63, 3.8) is 0 Å².